The molecule has 0 aromatic heterocycles. The molecule has 0 aromatic carbocycles. The van der Waals surface area contributed by atoms with E-state index in [9.17, 15) is 8.42 Å². The first kappa shape index (κ1) is 19.9. The van der Waals surface area contributed by atoms with Crippen LogP contribution in [-0.4, -0.2) is 18.2 Å². The minimum Gasteiger partial charge on any atom is -0.285 e. The second kappa shape index (κ2) is 12.6. The lowest BCUT2D eigenvalue weighted by atomic mass is 10.0. The molecular weight excluding hydrogens is 272 g/mol. The first-order chi connectivity index (χ1) is 9.52. The molecule has 0 rings (SSSR count). The first-order valence-corrected chi connectivity index (χ1v) is 9.99. The Morgan fingerprint density at radius 3 is 1.55 bits per heavy atom. The molecule has 0 spiro atoms. The molecule has 1 N–H and O–H groups in total. The van der Waals surface area contributed by atoms with Gasteiger partial charge in [-0.05, 0) is 12.8 Å². The average Bonchev–Trinajstić information content (AvgIpc) is 2.38. The summed E-state index contributed by atoms with van der Waals surface area (Å²) < 4.78 is 31.5. The van der Waals surface area contributed by atoms with Gasteiger partial charge in [-0.2, -0.15) is 8.42 Å². The Morgan fingerprint density at radius 2 is 1.15 bits per heavy atom. The van der Waals surface area contributed by atoms with Crippen LogP contribution in [0.5, 0.6) is 0 Å². The smallest absolute Gasteiger partial charge is 0.267 e. The molecular formula is C16H34O3S. The molecule has 0 aliphatic carbocycles. The van der Waals surface area contributed by atoms with E-state index in [1.807, 2.05) is 6.92 Å². The summed E-state index contributed by atoms with van der Waals surface area (Å²) in [7, 11) is -3.84. The van der Waals surface area contributed by atoms with Gasteiger partial charge in [0.05, 0.1) is 5.25 Å². The van der Waals surface area contributed by atoms with E-state index in [0.717, 1.165) is 19.3 Å². The Hall–Kier alpha value is -0.0900. The van der Waals surface area contributed by atoms with Gasteiger partial charge in [-0.15, -0.1) is 0 Å². The number of unbranched alkanes of at least 4 members (excludes halogenated alkanes) is 9. The van der Waals surface area contributed by atoms with Crippen molar-refractivity contribution in [1.82, 2.24) is 0 Å². The van der Waals surface area contributed by atoms with Crippen LogP contribution in [0.3, 0.4) is 0 Å². The molecule has 1 atom stereocenters. The van der Waals surface area contributed by atoms with Crippen LogP contribution in [0.1, 0.15) is 97.3 Å². The molecule has 0 aromatic rings. The Kier molecular flexibility index (Phi) is 12.6. The van der Waals surface area contributed by atoms with E-state index >= 15 is 0 Å². The zero-order valence-corrected chi connectivity index (χ0v) is 14.3. The van der Waals surface area contributed by atoms with Crippen LogP contribution >= 0.6 is 0 Å². The summed E-state index contributed by atoms with van der Waals surface area (Å²) in [5.74, 6) is 0. The number of hydrogen-bond acceptors (Lipinski definition) is 2. The summed E-state index contributed by atoms with van der Waals surface area (Å²) in [6.07, 6.45) is 14.5. The molecule has 0 amide bonds. The fourth-order valence-electron chi connectivity index (χ4n) is 2.62. The molecule has 0 radical (unpaired) electrons. The summed E-state index contributed by atoms with van der Waals surface area (Å²) in [5.41, 5.74) is 0. The SMILES string of the molecule is CCCCCCCCCCCCC(CCC)S(=O)(=O)O. The van der Waals surface area contributed by atoms with Gasteiger partial charge in [-0.3, -0.25) is 4.55 Å². The highest BCUT2D eigenvalue weighted by atomic mass is 32.2. The lowest BCUT2D eigenvalue weighted by Gasteiger charge is -2.12. The van der Waals surface area contributed by atoms with Crippen LogP contribution in [0.25, 0.3) is 0 Å². The standard InChI is InChI=1S/C16H34O3S/c1-3-5-6-7-8-9-10-11-12-13-15-16(14-4-2)20(17,18)19/h16H,3-15H2,1-2H3,(H,17,18,19). The monoisotopic (exact) mass is 306 g/mol. The van der Waals surface area contributed by atoms with Gasteiger partial charge >= 0.3 is 0 Å². The zero-order chi connectivity index (χ0) is 15.3. The molecule has 0 saturated carbocycles. The average molecular weight is 307 g/mol. The highest BCUT2D eigenvalue weighted by Crippen LogP contribution is 2.17. The fourth-order valence-corrected chi connectivity index (χ4v) is 3.62. The van der Waals surface area contributed by atoms with E-state index in [2.05, 4.69) is 6.92 Å². The van der Waals surface area contributed by atoms with Crippen LogP contribution in [0.4, 0.5) is 0 Å². The van der Waals surface area contributed by atoms with Crippen molar-refractivity contribution in [2.45, 2.75) is 103 Å². The maximum atomic E-state index is 11.2. The van der Waals surface area contributed by atoms with E-state index in [0.29, 0.717) is 12.8 Å². The van der Waals surface area contributed by atoms with Crippen LogP contribution in [0, 0.1) is 0 Å². The quantitative estimate of drug-likeness (QED) is 0.347. The Balaban J connectivity index is 3.46. The van der Waals surface area contributed by atoms with Gasteiger partial charge in [0, 0.05) is 0 Å². The molecule has 0 aliphatic rings. The van der Waals surface area contributed by atoms with E-state index in [1.54, 1.807) is 0 Å². The predicted octanol–water partition coefficient (Wildman–Crippen LogP) is 5.35. The molecule has 0 fully saturated rings. The molecule has 0 aliphatic heterocycles. The summed E-state index contributed by atoms with van der Waals surface area (Å²) in [5, 5.41) is -0.540. The van der Waals surface area contributed by atoms with Crippen molar-refractivity contribution >= 4 is 10.1 Å². The van der Waals surface area contributed by atoms with E-state index < -0.39 is 15.4 Å². The maximum absolute atomic E-state index is 11.2. The predicted molar refractivity (Wildman–Crippen MR) is 86.7 cm³/mol. The van der Waals surface area contributed by atoms with Crippen LogP contribution in [-0.2, 0) is 10.1 Å². The van der Waals surface area contributed by atoms with E-state index in [-0.39, 0.29) is 0 Å². The topological polar surface area (TPSA) is 54.4 Å². The molecule has 0 heterocycles. The minimum atomic E-state index is -3.84. The zero-order valence-electron chi connectivity index (χ0n) is 13.4. The van der Waals surface area contributed by atoms with Crippen molar-refractivity contribution in [3.63, 3.8) is 0 Å². The third kappa shape index (κ3) is 11.7. The number of hydrogen-bond donors (Lipinski definition) is 1. The molecule has 3 nitrogen and oxygen atoms in total. The van der Waals surface area contributed by atoms with Gasteiger partial charge in [-0.25, -0.2) is 0 Å². The molecule has 0 bridgehead atoms. The normalized spacial score (nSPS) is 13.6. The van der Waals surface area contributed by atoms with Crippen molar-refractivity contribution in [2.75, 3.05) is 0 Å². The lowest BCUT2D eigenvalue weighted by Crippen LogP contribution is -2.20. The Bertz CT molecular complexity index is 299. The highest BCUT2D eigenvalue weighted by Gasteiger charge is 2.20. The van der Waals surface area contributed by atoms with E-state index in [4.69, 9.17) is 4.55 Å². The van der Waals surface area contributed by atoms with Crippen molar-refractivity contribution in [2.24, 2.45) is 0 Å². The Morgan fingerprint density at radius 1 is 0.700 bits per heavy atom. The van der Waals surface area contributed by atoms with Crippen molar-refractivity contribution in [3.05, 3.63) is 0 Å². The second-order valence-corrected chi connectivity index (χ2v) is 7.59. The van der Waals surface area contributed by atoms with Crippen molar-refractivity contribution < 1.29 is 13.0 Å². The van der Waals surface area contributed by atoms with Crippen LogP contribution in [0.15, 0.2) is 0 Å². The molecule has 122 valence electrons. The highest BCUT2D eigenvalue weighted by molar-refractivity contribution is 7.86. The molecule has 1 unspecified atom stereocenters. The summed E-state index contributed by atoms with van der Waals surface area (Å²) in [4.78, 5) is 0. The summed E-state index contributed by atoms with van der Waals surface area (Å²) in [6.45, 7) is 4.19. The van der Waals surface area contributed by atoms with Gasteiger partial charge < -0.3 is 0 Å². The summed E-state index contributed by atoms with van der Waals surface area (Å²) >= 11 is 0. The minimum absolute atomic E-state index is 0.540. The summed E-state index contributed by atoms with van der Waals surface area (Å²) in [6, 6.07) is 0. The van der Waals surface area contributed by atoms with Crippen molar-refractivity contribution in [3.8, 4) is 0 Å². The van der Waals surface area contributed by atoms with Crippen molar-refractivity contribution in [1.29, 1.82) is 0 Å². The lowest BCUT2D eigenvalue weighted by molar-refractivity contribution is 0.448. The maximum Gasteiger partial charge on any atom is 0.267 e. The van der Waals surface area contributed by atoms with Gasteiger partial charge in [0.1, 0.15) is 0 Å². The number of rotatable bonds is 14. The molecule has 4 heteroatoms. The Labute approximate surface area is 126 Å². The van der Waals surface area contributed by atoms with Gasteiger partial charge in [-0.1, -0.05) is 84.5 Å². The van der Waals surface area contributed by atoms with E-state index in [1.165, 1.54) is 51.4 Å². The third-order valence-corrected chi connectivity index (χ3v) is 5.23. The molecule has 20 heavy (non-hydrogen) atoms. The first-order valence-electron chi connectivity index (χ1n) is 8.48. The second-order valence-electron chi connectivity index (χ2n) is 5.90. The largest absolute Gasteiger partial charge is 0.285 e. The van der Waals surface area contributed by atoms with Crippen LogP contribution in [0.2, 0.25) is 0 Å². The van der Waals surface area contributed by atoms with Crippen LogP contribution < -0.4 is 0 Å². The van der Waals surface area contributed by atoms with Gasteiger partial charge in [0.25, 0.3) is 10.1 Å². The van der Waals surface area contributed by atoms with Gasteiger partial charge in [0.15, 0.2) is 0 Å². The third-order valence-electron chi connectivity index (χ3n) is 3.91. The fraction of sp³-hybridized carbons (Fsp3) is 1.00. The van der Waals surface area contributed by atoms with Gasteiger partial charge in [0.2, 0.25) is 0 Å². The molecule has 0 saturated heterocycles.